The van der Waals surface area contributed by atoms with Crippen molar-refractivity contribution in [1.29, 1.82) is 0 Å². The summed E-state index contributed by atoms with van der Waals surface area (Å²) in [5.74, 6) is 0. The number of rotatable bonds is 3. The average molecular weight is 269 g/mol. The van der Waals surface area contributed by atoms with Gasteiger partial charge in [-0.25, -0.2) is 0 Å². The molecule has 1 fully saturated rings. The first kappa shape index (κ1) is 11.2. The number of hydrogen-bond acceptors (Lipinski definition) is 1. The van der Waals surface area contributed by atoms with Crippen molar-refractivity contribution in [2.24, 2.45) is 0 Å². The fourth-order valence-corrected chi connectivity index (χ4v) is 2.76. The first-order valence-electron chi connectivity index (χ1n) is 5.66. The van der Waals surface area contributed by atoms with Gasteiger partial charge < -0.3 is 4.74 Å². The van der Waals surface area contributed by atoms with Gasteiger partial charge in [0.2, 0.25) is 0 Å². The standard InChI is InChI=1S/C13H17BrO/c14-12-8-4-5-9-13(12)15-10-11-6-2-1-3-7-11/h1-3,6-7,12-13H,4-5,8-10H2/t12-,13-/m1/s1. The van der Waals surface area contributed by atoms with Gasteiger partial charge in [0.05, 0.1) is 12.7 Å². The van der Waals surface area contributed by atoms with E-state index in [0.717, 1.165) is 6.61 Å². The molecular weight excluding hydrogens is 252 g/mol. The largest absolute Gasteiger partial charge is 0.372 e. The third kappa shape index (κ3) is 3.32. The normalized spacial score (nSPS) is 26.5. The van der Waals surface area contributed by atoms with Crippen LogP contribution in [-0.2, 0) is 11.3 Å². The minimum atomic E-state index is 0.402. The average Bonchev–Trinajstić information content (AvgIpc) is 2.29. The van der Waals surface area contributed by atoms with Crippen LogP contribution in [0.1, 0.15) is 31.2 Å². The van der Waals surface area contributed by atoms with E-state index in [9.17, 15) is 0 Å². The highest BCUT2D eigenvalue weighted by Crippen LogP contribution is 2.27. The van der Waals surface area contributed by atoms with E-state index in [0.29, 0.717) is 10.9 Å². The molecule has 1 aromatic rings. The maximum absolute atomic E-state index is 5.93. The van der Waals surface area contributed by atoms with E-state index in [1.165, 1.54) is 31.2 Å². The third-order valence-electron chi connectivity index (χ3n) is 2.93. The first-order chi connectivity index (χ1) is 7.36. The molecule has 0 unspecified atom stereocenters. The predicted octanol–water partition coefficient (Wildman–Crippen LogP) is 3.91. The van der Waals surface area contributed by atoms with Crippen LogP contribution in [0.3, 0.4) is 0 Å². The molecule has 1 aliphatic carbocycles. The maximum Gasteiger partial charge on any atom is 0.0721 e. The molecule has 0 N–H and O–H groups in total. The Hall–Kier alpha value is -0.340. The van der Waals surface area contributed by atoms with E-state index in [1.54, 1.807) is 0 Å². The van der Waals surface area contributed by atoms with E-state index in [4.69, 9.17) is 4.74 Å². The van der Waals surface area contributed by atoms with Crippen LogP contribution >= 0.6 is 15.9 Å². The lowest BCUT2D eigenvalue weighted by molar-refractivity contribution is 0.0227. The van der Waals surface area contributed by atoms with E-state index < -0.39 is 0 Å². The Morgan fingerprint density at radius 3 is 2.60 bits per heavy atom. The van der Waals surface area contributed by atoms with E-state index >= 15 is 0 Å². The quantitative estimate of drug-likeness (QED) is 0.756. The van der Waals surface area contributed by atoms with Gasteiger partial charge in [0.1, 0.15) is 0 Å². The van der Waals surface area contributed by atoms with Crippen molar-refractivity contribution in [1.82, 2.24) is 0 Å². The van der Waals surface area contributed by atoms with E-state index in [2.05, 4.69) is 40.2 Å². The minimum Gasteiger partial charge on any atom is -0.372 e. The summed E-state index contributed by atoms with van der Waals surface area (Å²) in [6, 6.07) is 10.4. The van der Waals surface area contributed by atoms with Gasteiger partial charge in [0.25, 0.3) is 0 Å². The summed E-state index contributed by atoms with van der Waals surface area (Å²) in [4.78, 5) is 0.551. The molecular formula is C13H17BrO. The molecule has 0 spiro atoms. The summed E-state index contributed by atoms with van der Waals surface area (Å²) >= 11 is 3.70. The van der Waals surface area contributed by atoms with Gasteiger partial charge in [-0.3, -0.25) is 0 Å². The number of hydrogen-bond donors (Lipinski definition) is 0. The van der Waals surface area contributed by atoms with Gasteiger partial charge in [-0.05, 0) is 18.4 Å². The number of benzene rings is 1. The second-order valence-electron chi connectivity index (χ2n) is 4.14. The molecule has 0 saturated heterocycles. The van der Waals surface area contributed by atoms with Gasteiger partial charge in [-0.2, -0.15) is 0 Å². The molecule has 0 radical (unpaired) electrons. The van der Waals surface area contributed by atoms with E-state index in [1.807, 2.05) is 6.07 Å². The monoisotopic (exact) mass is 268 g/mol. The summed E-state index contributed by atoms with van der Waals surface area (Å²) in [5, 5.41) is 0. The number of halogens is 1. The molecule has 1 aromatic carbocycles. The van der Waals surface area contributed by atoms with Crippen LogP contribution in [0.4, 0.5) is 0 Å². The van der Waals surface area contributed by atoms with Crippen LogP contribution in [0.2, 0.25) is 0 Å². The van der Waals surface area contributed by atoms with Crippen molar-refractivity contribution in [2.45, 2.75) is 43.2 Å². The summed E-state index contributed by atoms with van der Waals surface area (Å²) in [6.45, 7) is 0.744. The zero-order valence-electron chi connectivity index (χ0n) is 8.86. The SMILES string of the molecule is Br[C@@H]1CCCC[C@H]1OCc1ccccc1. The van der Waals surface area contributed by atoms with Crippen LogP contribution in [0.5, 0.6) is 0 Å². The van der Waals surface area contributed by atoms with Gasteiger partial charge in [0, 0.05) is 4.83 Å². The van der Waals surface area contributed by atoms with Gasteiger partial charge in [-0.1, -0.05) is 59.1 Å². The number of alkyl halides is 1. The Kier molecular flexibility index (Phi) is 4.21. The molecule has 1 aliphatic rings. The first-order valence-corrected chi connectivity index (χ1v) is 6.57. The lowest BCUT2D eigenvalue weighted by atomic mass is 9.97. The molecule has 2 atom stereocenters. The van der Waals surface area contributed by atoms with Gasteiger partial charge in [0.15, 0.2) is 0 Å². The summed E-state index contributed by atoms with van der Waals surface area (Å²) < 4.78 is 5.93. The molecule has 1 saturated carbocycles. The van der Waals surface area contributed by atoms with Crippen molar-refractivity contribution in [3.05, 3.63) is 35.9 Å². The summed E-state index contributed by atoms with van der Waals surface area (Å²) in [7, 11) is 0. The molecule has 82 valence electrons. The molecule has 0 heterocycles. The third-order valence-corrected chi connectivity index (χ3v) is 3.98. The zero-order chi connectivity index (χ0) is 10.5. The van der Waals surface area contributed by atoms with Crippen LogP contribution in [-0.4, -0.2) is 10.9 Å². The maximum atomic E-state index is 5.93. The van der Waals surface area contributed by atoms with Crippen LogP contribution in [0.15, 0.2) is 30.3 Å². The van der Waals surface area contributed by atoms with Crippen LogP contribution in [0, 0.1) is 0 Å². The van der Waals surface area contributed by atoms with Crippen LogP contribution in [0.25, 0.3) is 0 Å². The van der Waals surface area contributed by atoms with Crippen molar-refractivity contribution in [2.75, 3.05) is 0 Å². The van der Waals surface area contributed by atoms with Gasteiger partial charge in [-0.15, -0.1) is 0 Å². The predicted molar refractivity (Wildman–Crippen MR) is 66.2 cm³/mol. The Labute approximate surface area is 100.0 Å². The topological polar surface area (TPSA) is 9.23 Å². The Morgan fingerprint density at radius 1 is 1.13 bits per heavy atom. The fourth-order valence-electron chi connectivity index (χ4n) is 2.02. The smallest absolute Gasteiger partial charge is 0.0721 e. The van der Waals surface area contributed by atoms with Crippen molar-refractivity contribution in [3.63, 3.8) is 0 Å². The Morgan fingerprint density at radius 2 is 1.87 bits per heavy atom. The molecule has 2 rings (SSSR count). The van der Waals surface area contributed by atoms with Crippen molar-refractivity contribution < 1.29 is 4.74 Å². The highest BCUT2D eigenvalue weighted by molar-refractivity contribution is 9.09. The molecule has 0 bridgehead atoms. The van der Waals surface area contributed by atoms with Gasteiger partial charge >= 0.3 is 0 Å². The number of ether oxygens (including phenoxy) is 1. The van der Waals surface area contributed by atoms with Crippen molar-refractivity contribution in [3.8, 4) is 0 Å². The van der Waals surface area contributed by atoms with Crippen molar-refractivity contribution >= 4 is 15.9 Å². The highest BCUT2D eigenvalue weighted by atomic mass is 79.9. The molecule has 0 aliphatic heterocycles. The molecule has 0 aromatic heterocycles. The summed E-state index contributed by atoms with van der Waals surface area (Å²) in [5.41, 5.74) is 1.27. The fraction of sp³-hybridized carbons (Fsp3) is 0.538. The molecule has 0 amide bonds. The second-order valence-corrected chi connectivity index (χ2v) is 5.31. The Bertz CT molecular complexity index is 286. The second kappa shape index (κ2) is 5.66. The molecule has 2 heteroatoms. The molecule has 1 nitrogen and oxygen atoms in total. The summed E-state index contributed by atoms with van der Waals surface area (Å²) in [6.07, 6.45) is 5.49. The molecule has 15 heavy (non-hydrogen) atoms. The minimum absolute atomic E-state index is 0.402. The lowest BCUT2D eigenvalue weighted by Crippen LogP contribution is -2.27. The Balaban J connectivity index is 1.82. The lowest BCUT2D eigenvalue weighted by Gasteiger charge is -2.27. The zero-order valence-corrected chi connectivity index (χ0v) is 10.4. The van der Waals surface area contributed by atoms with Crippen LogP contribution < -0.4 is 0 Å². The van der Waals surface area contributed by atoms with E-state index in [-0.39, 0.29) is 0 Å². The highest BCUT2D eigenvalue weighted by Gasteiger charge is 2.22.